The number of anilines is 1. The molecule has 0 unspecified atom stereocenters. The molecule has 40 heavy (non-hydrogen) atoms. The lowest BCUT2D eigenvalue weighted by Gasteiger charge is -2.38. The van der Waals surface area contributed by atoms with E-state index < -0.39 is 5.54 Å². The molecule has 210 valence electrons. The van der Waals surface area contributed by atoms with Gasteiger partial charge in [-0.3, -0.25) is 9.59 Å². The van der Waals surface area contributed by atoms with Crippen molar-refractivity contribution < 1.29 is 9.59 Å². The number of amides is 2. The molecule has 6 heteroatoms. The second kappa shape index (κ2) is 11.9. The molecule has 6 nitrogen and oxygen atoms in total. The first-order chi connectivity index (χ1) is 19.2. The molecule has 1 aromatic heterocycles. The summed E-state index contributed by atoms with van der Waals surface area (Å²) in [6, 6.07) is 20.8. The van der Waals surface area contributed by atoms with Crippen LogP contribution in [0.4, 0.5) is 5.82 Å². The van der Waals surface area contributed by atoms with Gasteiger partial charge in [0.2, 0.25) is 11.8 Å². The maximum Gasteiger partial charge on any atom is 0.225 e. The van der Waals surface area contributed by atoms with Crippen molar-refractivity contribution >= 4 is 17.6 Å². The Morgan fingerprint density at radius 1 is 0.925 bits per heavy atom. The smallest absolute Gasteiger partial charge is 0.225 e. The van der Waals surface area contributed by atoms with Crippen LogP contribution in [0.15, 0.2) is 66.9 Å². The van der Waals surface area contributed by atoms with Gasteiger partial charge in [0.25, 0.3) is 0 Å². The fourth-order valence-corrected chi connectivity index (χ4v) is 6.01. The lowest BCUT2D eigenvalue weighted by Crippen LogP contribution is -2.44. The molecule has 2 saturated carbocycles. The number of aromatic nitrogens is 1. The zero-order chi connectivity index (χ0) is 28.3. The van der Waals surface area contributed by atoms with Crippen LogP contribution in [0, 0.1) is 11.8 Å². The molecular formula is C34H42N4O2. The third kappa shape index (κ3) is 6.44. The van der Waals surface area contributed by atoms with Gasteiger partial charge in [0, 0.05) is 42.7 Å². The molecule has 5 rings (SSSR count). The highest BCUT2D eigenvalue weighted by molar-refractivity contribution is 5.92. The Balaban J connectivity index is 1.25. The minimum Gasteiger partial charge on any atom is -0.343 e. The van der Waals surface area contributed by atoms with Crippen LogP contribution >= 0.6 is 0 Å². The Labute approximate surface area is 238 Å². The van der Waals surface area contributed by atoms with Crippen molar-refractivity contribution in [3.8, 4) is 22.3 Å². The van der Waals surface area contributed by atoms with Crippen LogP contribution < -0.4 is 11.1 Å². The van der Waals surface area contributed by atoms with E-state index in [0.717, 1.165) is 66.3 Å². The predicted octanol–water partition coefficient (Wildman–Crippen LogP) is 6.76. The summed E-state index contributed by atoms with van der Waals surface area (Å²) < 4.78 is 0. The van der Waals surface area contributed by atoms with Crippen molar-refractivity contribution in [1.82, 2.24) is 9.88 Å². The molecule has 1 heterocycles. The number of nitrogens with two attached hydrogens (primary N) is 1. The zero-order valence-electron chi connectivity index (χ0n) is 24.0. The highest BCUT2D eigenvalue weighted by Gasteiger charge is 2.33. The first-order valence-corrected chi connectivity index (χ1v) is 14.7. The molecule has 0 saturated heterocycles. The summed E-state index contributed by atoms with van der Waals surface area (Å²) in [5.74, 6) is 1.45. The first-order valence-electron chi connectivity index (χ1n) is 14.7. The fourth-order valence-electron chi connectivity index (χ4n) is 6.01. The minimum atomic E-state index is -0.407. The van der Waals surface area contributed by atoms with Crippen LogP contribution in [0.5, 0.6) is 0 Å². The molecule has 0 atom stereocenters. The lowest BCUT2D eigenvalue weighted by molar-refractivity contribution is -0.139. The quantitative estimate of drug-likeness (QED) is 0.332. The summed E-state index contributed by atoms with van der Waals surface area (Å²) >= 11 is 0. The van der Waals surface area contributed by atoms with Crippen LogP contribution in [0.25, 0.3) is 22.3 Å². The maximum absolute atomic E-state index is 13.0. The molecule has 0 radical (unpaired) electrons. The van der Waals surface area contributed by atoms with E-state index in [1.54, 1.807) is 0 Å². The summed E-state index contributed by atoms with van der Waals surface area (Å²) in [5.41, 5.74) is 11.1. The average molecular weight is 539 g/mol. The van der Waals surface area contributed by atoms with Crippen LogP contribution in [-0.2, 0) is 15.1 Å². The number of carbonyl (C=O) groups excluding carboxylic acids is 2. The fraction of sp³-hybridized carbons (Fsp3) is 0.441. The third-order valence-electron chi connectivity index (χ3n) is 8.84. The monoisotopic (exact) mass is 538 g/mol. The Morgan fingerprint density at radius 3 is 2.17 bits per heavy atom. The molecule has 2 amide bonds. The normalized spacial score (nSPS) is 19.5. The second-order valence-corrected chi connectivity index (χ2v) is 12.3. The van der Waals surface area contributed by atoms with Gasteiger partial charge in [0.05, 0.1) is 0 Å². The van der Waals surface area contributed by atoms with Crippen molar-refractivity contribution in [2.45, 2.75) is 76.8 Å². The molecule has 0 aliphatic heterocycles. The molecule has 2 aliphatic carbocycles. The largest absolute Gasteiger partial charge is 0.343 e. The Hall–Kier alpha value is -3.51. The number of pyridine rings is 1. The summed E-state index contributed by atoms with van der Waals surface area (Å²) in [6.07, 6.45) is 9.47. The highest BCUT2D eigenvalue weighted by Crippen LogP contribution is 2.35. The summed E-state index contributed by atoms with van der Waals surface area (Å²) in [6.45, 7) is 4.00. The van der Waals surface area contributed by atoms with E-state index in [9.17, 15) is 9.59 Å². The Morgan fingerprint density at radius 2 is 1.57 bits per heavy atom. The number of carbonyl (C=O) groups is 2. The van der Waals surface area contributed by atoms with Gasteiger partial charge in [0.15, 0.2) is 0 Å². The molecule has 2 fully saturated rings. The second-order valence-electron chi connectivity index (χ2n) is 12.3. The lowest BCUT2D eigenvalue weighted by atomic mass is 9.81. The predicted molar refractivity (Wildman–Crippen MR) is 161 cm³/mol. The van der Waals surface area contributed by atoms with Gasteiger partial charge >= 0.3 is 0 Å². The van der Waals surface area contributed by atoms with Crippen LogP contribution in [0.1, 0.15) is 70.8 Å². The molecule has 2 aromatic carbocycles. The molecular weight excluding hydrogens is 496 g/mol. The molecule has 2 aliphatic rings. The van der Waals surface area contributed by atoms with Gasteiger partial charge in [-0.1, -0.05) is 61.0 Å². The van der Waals surface area contributed by atoms with Gasteiger partial charge in [-0.15, -0.1) is 0 Å². The maximum atomic E-state index is 13.0. The van der Waals surface area contributed by atoms with E-state index in [-0.39, 0.29) is 11.8 Å². The minimum absolute atomic E-state index is 0.00357. The standard InChI is InChI=1S/C34H42N4O2/c1-34(2,35)27-16-14-25(15-17-27)30-22-36-31(21-29(30)24-8-5-4-6-9-24)37-32(39)20-23-12-18-28(19-13-23)38(3)33(40)26-10-7-11-26/h4-6,8-9,14-17,21-23,26,28H,7,10-13,18-20,35H2,1-3H3,(H,36,37,39)/t23-,28-. The number of hydrogen-bond acceptors (Lipinski definition) is 4. The van der Waals surface area contributed by atoms with Gasteiger partial charge < -0.3 is 16.0 Å². The van der Waals surface area contributed by atoms with Crippen molar-refractivity contribution in [2.24, 2.45) is 17.6 Å². The molecule has 0 bridgehead atoms. The Kier molecular flexibility index (Phi) is 8.36. The number of rotatable bonds is 8. The SMILES string of the molecule is CN(C(=O)C1CCC1)[C@H]1CC[C@H](CC(=O)Nc2cc(-c3ccccc3)c(-c3ccc(C(C)(C)N)cc3)cn2)CC1. The third-order valence-corrected chi connectivity index (χ3v) is 8.84. The van der Waals surface area contributed by atoms with Crippen molar-refractivity contribution in [1.29, 1.82) is 0 Å². The zero-order valence-corrected chi connectivity index (χ0v) is 24.0. The van der Waals surface area contributed by atoms with Crippen molar-refractivity contribution in [3.05, 3.63) is 72.4 Å². The summed E-state index contributed by atoms with van der Waals surface area (Å²) in [4.78, 5) is 32.3. The first kappa shape index (κ1) is 28.0. The van der Waals surface area contributed by atoms with Crippen molar-refractivity contribution in [2.75, 3.05) is 12.4 Å². The van der Waals surface area contributed by atoms with E-state index in [0.29, 0.717) is 30.1 Å². The number of nitrogens with one attached hydrogen (secondary N) is 1. The van der Waals surface area contributed by atoms with Crippen LogP contribution in [0.2, 0.25) is 0 Å². The summed E-state index contributed by atoms with van der Waals surface area (Å²) in [7, 11) is 1.96. The Bertz CT molecular complexity index is 1320. The average Bonchev–Trinajstić information content (AvgIpc) is 2.92. The van der Waals surface area contributed by atoms with E-state index in [1.807, 2.05) is 56.3 Å². The van der Waals surface area contributed by atoms with Crippen LogP contribution in [-0.4, -0.2) is 34.8 Å². The van der Waals surface area contributed by atoms with Gasteiger partial charge in [0.1, 0.15) is 5.82 Å². The topological polar surface area (TPSA) is 88.3 Å². The van der Waals surface area contributed by atoms with E-state index in [4.69, 9.17) is 5.73 Å². The highest BCUT2D eigenvalue weighted by atomic mass is 16.2. The molecule has 3 N–H and O–H groups in total. The van der Waals surface area contributed by atoms with E-state index in [2.05, 4.69) is 46.7 Å². The van der Waals surface area contributed by atoms with E-state index in [1.165, 1.54) is 6.42 Å². The van der Waals surface area contributed by atoms with E-state index >= 15 is 0 Å². The van der Waals surface area contributed by atoms with Crippen LogP contribution in [0.3, 0.4) is 0 Å². The number of hydrogen-bond donors (Lipinski definition) is 2. The van der Waals surface area contributed by atoms with Crippen molar-refractivity contribution in [3.63, 3.8) is 0 Å². The molecule has 3 aromatic rings. The van der Waals surface area contributed by atoms with Gasteiger partial charge in [-0.05, 0) is 86.6 Å². The summed E-state index contributed by atoms with van der Waals surface area (Å²) in [5, 5.41) is 3.06. The van der Waals surface area contributed by atoms with Gasteiger partial charge in [-0.2, -0.15) is 0 Å². The number of benzene rings is 2. The van der Waals surface area contributed by atoms with Gasteiger partial charge in [-0.25, -0.2) is 4.98 Å². The molecule has 0 spiro atoms. The number of nitrogens with zero attached hydrogens (tertiary/aromatic N) is 2.